The zero-order valence-electron chi connectivity index (χ0n) is 32.9. The third-order valence-electron chi connectivity index (χ3n) is 11.6. The van der Waals surface area contributed by atoms with Crippen LogP contribution >= 0.6 is 0 Å². The summed E-state index contributed by atoms with van der Waals surface area (Å²) in [5.41, 5.74) is 16.6. The number of benzene rings is 10. The average Bonchev–Trinajstić information content (AvgIpc) is 3.73. The van der Waals surface area contributed by atoms with Crippen LogP contribution in [0.15, 0.2) is 241 Å². The molecule has 0 aliphatic carbocycles. The molecule has 0 saturated heterocycles. The predicted molar refractivity (Wildman–Crippen MR) is 253 cm³/mol. The van der Waals surface area contributed by atoms with Gasteiger partial charge in [0, 0.05) is 33.4 Å². The van der Waals surface area contributed by atoms with Crippen LogP contribution in [0.3, 0.4) is 0 Å². The van der Waals surface area contributed by atoms with Crippen molar-refractivity contribution in [3.05, 3.63) is 237 Å². The lowest BCUT2D eigenvalue weighted by atomic mass is 9.92. The molecule has 60 heavy (non-hydrogen) atoms. The second kappa shape index (κ2) is 15.1. The van der Waals surface area contributed by atoms with Gasteiger partial charge in [0.1, 0.15) is 11.2 Å². The number of rotatable bonds is 8. The molecule has 0 saturated carbocycles. The van der Waals surface area contributed by atoms with Gasteiger partial charge in [0.2, 0.25) is 0 Å². The molecule has 1 aromatic heterocycles. The Bertz CT molecular complexity index is 3200. The normalized spacial score (nSPS) is 11.3. The van der Waals surface area contributed by atoms with Crippen molar-refractivity contribution < 1.29 is 4.42 Å². The number of hydrogen-bond acceptors (Lipinski definition) is 2. The maximum atomic E-state index is 6.89. The number of anilines is 3. The first-order valence-electron chi connectivity index (χ1n) is 20.5. The van der Waals surface area contributed by atoms with E-state index in [4.69, 9.17) is 4.42 Å². The Morgan fingerprint density at radius 3 is 1.40 bits per heavy atom. The fourth-order valence-electron chi connectivity index (χ4n) is 8.74. The molecule has 0 spiro atoms. The van der Waals surface area contributed by atoms with Gasteiger partial charge in [0.05, 0.1) is 0 Å². The first kappa shape index (κ1) is 35.2. The van der Waals surface area contributed by atoms with Gasteiger partial charge in [0.25, 0.3) is 0 Å². The summed E-state index contributed by atoms with van der Waals surface area (Å²) in [6.45, 7) is 0. The van der Waals surface area contributed by atoms with E-state index in [-0.39, 0.29) is 0 Å². The molecule has 2 heteroatoms. The third-order valence-corrected chi connectivity index (χ3v) is 11.6. The SMILES string of the molecule is c1ccc(-c2ccc(-c3cc4ccccc4c4c3oc3cccc(-c5ccc(N(c6ccccc6)c6cc(-c7ccccc7)cc(-c7ccccc7)c6)cc5)c34)cc2)cc1. The van der Waals surface area contributed by atoms with Crippen molar-refractivity contribution in [1.82, 2.24) is 0 Å². The Morgan fingerprint density at radius 2 is 0.767 bits per heavy atom. The molecule has 0 atom stereocenters. The van der Waals surface area contributed by atoms with Gasteiger partial charge in [-0.15, -0.1) is 0 Å². The highest BCUT2D eigenvalue weighted by atomic mass is 16.3. The minimum Gasteiger partial charge on any atom is -0.455 e. The van der Waals surface area contributed by atoms with E-state index in [1.807, 2.05) is 0 Å². The van der Waals surface area contributed by atoms with Crippen molar-refractivity contribution in [2.45, 2.75) is 0 Å². The molecular weight excluding hydrogens is 727 g/mol. The Labute approximate surface area is 349 Å². The number of hydrogen-bond donors (Lipinski definition) is 0. The Kier molecular flexibility index (Phi) is 8.87. The Morgan fingerprint density at radius 1 is 0.283 bits per heavy atom. The Balaban J connectivity index is 1.05. The average molecular weight is 766 g/mol. The molecule has 11 rings (SSSR count). The predicted octanol–water partition coefficient (Wildman–Crippen LogP) is 16.5. The van der Waals surface area contributed by atoms with Gasteiger partial charge in [-0.3, -0.25) is 0 Å². The van der Waals surface area contributed by atoms with Crippen molar-refractivity contribution in [1.29, 1.82) is 0 Å². The van der Waals surface area contributed by atoms with Crippen molar-refractivity contribution in [3.63, 3.8) is 0 Å². The van der Waals surface area contributed by atoms with Crippen LogP contribution in [0.2, 0.25) is 0 Å². The van der Waals surface area contributed by atoms with Gasteiger partial charge >= 0.3 is 0 Å². The van der Waals surface area contributed by atoms with Crippen LogP contribution in [0.4, 0.5) is 17.1 Å². The molecule has 0 amide bonds. The van der Waals surface area contributed by atoms with Gasteiger partial charge in [0.15, 0.2) is 0 Å². The van der Waals surface area contributed by atoms with Gasteiger partial charge in [-0.25, -0.2) is 0 Å². The lowest BCUT2D eigenvalue weighted by Crippen LogP contribution is -2.10. The summed E-state index contributed by atoms with van der Waals surface area (Å²) in [5, 5.41) is 4.64. The topological polar surface area (TPSA) is 16.4 Å². The molecule has 0 N–H and O–H groups in total. The zero-order valence-corrected chi connectivity index (χ0v) is 32.9. The van der Waals surface area contributed by atoms with E-state index in [1.54, 1.807) is 0 Å². The van der Waals surface area contributed by atoms with Crippen LogP contribution in [0, 0.1) is 0 Å². The van der Waals surface area contributed by atoms with Crippen molar-refractivity contribution in [3.8, 4) is 55.6 Å². The molecule has 10 aromatic carbocycles. The highest BCUT2D eigenvalue weighted by Gasteiger charge is 2.21. The second-order valence-corrected chi connectivity index (χ2v) is 15.3. The fraction of sp³-hybridized carbons (Fsp3) is 0. The molecule has 0 radical (unpaired) electrons. The molecule has 0 aliphatic rings. The summed E-state index contributed by atoms with van der Waals surface area (Å²) >= 11 is 0. The molecule has 0 fully saturated rings. The van der Waals surface area contributed by atoms with Crippen LogP contribution in [-0.2, 0) is 0 Å². The van der Waals surface area contributed by atoms with E-state index in [1.165, 1.54) is 44.2 Å². The summed E-state index contributed by atoms with van der Waals surface area (Å²) in [4.78, 5) is 2.36. The first-order chi connectivity index (χ1) is 29.7. The Hall–Kier alpha value is -7.94. The largest absolute Gasteiger partial charge is 0.455 e. The summed E-state index contributed by atoms with van der Waals surface area (Å²) in [6.07, 6.45) is 0. The van der Waals surface area contributed by atoms with Crippen LogP contribution in [0.5, 0.6) is 0 Å². The third kappa shape index (κ3) is 6.41. The highest BCUT2D eigenvalue weighted by molar-refractivity contribution is 6.25. The molecule has 2 nitrogen and oxygen atoms in total. The number of para-hydroxylation sites is 1. The molecule has 0 unspecified atom stereocenters. The quantitative estimate of drug-likeness (QED) is 0.153. The smallest absolute Gasteiger partial charge is 0.143 e. The number of fused-ring (bicyclic) bond motifs is 5. The minimum atomic E-state index is 0.877. The summed E-state index contributed by atoms with van der Waals surface area (Å²) < 4.78 is 6.89. The van der Waals surface area contributed by atoms with E-state index < -0.39 is 0 Å². The van der Waals surface area contributed by atoms with E-state index in [0.29, 0.717) is 0 Å². The van der Waals surface area contributed by atoms with Crippen molar-refractivity contribution in [2.24, 2.45) is 0 Å². The standard InChI is InChI=1S/C58H39NO/c1-5-16-40(17-6-1)43-28-30-45(31-29-43)54-39-46-22-13-14-25-53(46)57-56-52(26-15-27-55(56)60-58(54)57)44-32-34-50(35-33-44)59(49-23-11-4-12-24-49)51-37-47(41-18-7-2-8-19-41)36-48(38-51)42-20-9-3-10-21-42/h1-39H. The number of furan rings is 1. The van der Waals surface area contributed by atoms with Gasteiger partial charge in [-0.2, -0.15) is 0 Å². The minimum absolute atomic E-state index is 0.877. The lowest BCUT2D eigenvalue weighted by molar-refractivity contribution is 0.670. The van der Waals surface area contributed by atoms with Crippen molar-refractivity contribution in [2.75, 3.05) is 4.90 Å². The molecule has 1 heterocycles. The monoisotopic (exact) mass is 765 g/mol. The first-order valence-corrected chi connectivity index (χ1v) is 20.5. The molecule has 0 aliphatic heterocycles. The second-order valence-electron chi connectivity index (χ2n) is 15.3. The summed E-state index contributed by atoms with van der Waals surface area (Å²) in [5.74, 6) is 0. The van der Waals surface area contributed by atoms with Crippen LogP contribution in [-0.4, -0.2) is 0 Å². The summed E-state index contributed by atoms with van der Waals surface area (Å²) in [7, 11) is 0. The maximum Gasteiger partial charge on any atom is 0.143 e. The summed E-state index contributed by atoms with van der Waals surface area (Å²) in [6, 6.07) is 84.7. The van der Waals surface area contributed by atoms with Gasteiger partial charge < -0.3 is 9.32 Å². The zero-order chi connectivity index (χ0) is 39.8. The lowest BCUT2D eigenvalue weighted by Gasteiger charge is -2.27. The highest BCUT2D eigenvalue weighted by Crippen LogP contribution is 2.46. The fourth-order valence-corrected chi connectivity index (χ4v) is 8.74. The molecule has 282 valence electrons. The van der Waals surface area contributed by atoms with Crippen LogP contribution in [0.25, 0.3) is 88.3 Å². The van der Waals surface area contributed by atoms with E-state index in [2.05, 4.69) is 241 Å². The molecular formula is C58H39NO. The maximum absolute atomic E-state index is 6.89. The van der Waals surface area contributed by atoms with Crippen molar-refractivity contribution >= 4 is 49.8 Å². The van der Waals surface area contributed by atoms with E-state index in [9.17, 15) is 0 Å². The van der Waals surface area contributed by atoms with E-state index >= 15 is 0 Å². The van der Waals surface area contributed by atoms with Crippen LogP contribution in [0.1, 0.15) is 0 Å². The molecule has 0 bridgehead atoms. The number of nitrogens with zero attached hydrogens (tertiary/aromatic N) is 1. The van der Waals surface area contributed by atoms with E-state index in [0.717, 1.165) is 61.3 Å². The van der Waals surface area contributed by atoms with Crippen LogP contribution < -0.4 is 4.90 Å². The van der Waals surface area contributed by atoms with Gasteiger partial charge in [-0.05, 0) is 115 Å². The molecule has 11 aromatic rings. The van der Waals surface area contributed by atoms with Gasteiger partial charge in [-0.1, -0.05) is 182 Å².